The monoisotopic (exact) mass is 330 g/mol. The Balaban J connectivity index is 1.87. The van der Waals surface area contributed by atoms with Crippen molar-refractivity contribution in [2.45, 2.75) is 6.92 Å². The maximum Gasteiger partial charge on any atom is 0.165 e. The van der Waals surface area contributed by atoms with E-state index in [2.05, 4.69) is 10.4 Å². The summed E-state index contributed by atoms with van der Waals surface area (Å²) < 4.78 is 7.31. The molecular formula is C20H18N4O. The molecule has 0 unspecified atom stereocenters. The Kier molecular flexibility index (Phi) is 3.82. The second-order valence-electron chi connectivity index (χ2n) is 5.77. The number of hydrogen-bond acceptors (Lipinski definition) is 4. The summed E-state index contributed by atoms with van der Waals surface area (Å²) in [4.78, 5) is 4.69. The standard InChI is InChI=1S/C20H18N4O/c1-14-12-19(23-15-8-4-3-5-9-15)24-20(22-14)17(13-21-24)16-10-6-7-11-18(16)25-2/h3-13,23H,1-2H3. The molecule has 0 aliphatic heterocycles. The van der Waals surface area contributed by atoms with E-state index in [4.69, 9.17) is 9.72 Å². The molecule has 0 fully saturated rings. The zero-order chi connectivity index (χ0) is 17.2. The van der Waals surface area contributed by atoms with Gasteiger partial charge in [0.2, 0.25) is 0 Å². The number of anilines is 2. The highest BCUT2D eigenvalue weighted by molar-refractivity contribution is 5.82. The van der Waals surface area contributed by atoms with Crippen LogP contribution in [0.1, 0.15) is 5.69 Å². The lowest BCUT2D eigenvalue weighted by atomic mass is 10.1. The lowest BCUT2D eigenvalue weighted by Gasteiger charge is -2.10. The summed E-state index contributed by atoms with van der Waals surface area (Å²) in [5.41, 5.74) is 4.63. The first-order chi connectivity index (χ1) is 12.3. The molecule has 4 rings (SSSR count). The van der Waals surface area contributed by atoms with Gasteiger partial charge in [0.05, 0.1) is 18.9 Å². The number of para-hydroxylation sites is 2. The average molecular weight is 330 g/mol. The van der Waals surface area contributed by atoms with E-state index in [-0.39, 0.29) is 0 Å². The van der Waals surface area contributed by atoms with E-state index in [1.165, 1.54) is 0 Å². The van der Waals surface area contributed by atoms with E-state index in [1.807, 2.05) is 78.3 Å². The van der Waals surface area contributed by atoms with E-state index in [0.717, 1.165) is 39.7 Å². The van der Waals surface area contributed by atoms with E-state index >= 15 is 0 Å². The molecule has 5 heteroatoms. The van der Waals surface area contributed by atoms with Gasteiger partial charge in [-0.1, -0.05) is 36.4 Å². The van der Waals surface area contributed by atoms with Crippen LogP contribution in [0.2, 0.25) is 0 Å². The van der Waals surface area contributed by atoms with Crippen LogP contribution in [-0.4, -0.2) is 21.7 Å². The smallest absolute Gasteiger partial charge is 0.165 e. The molecule has 0 atom stereocenters. The molecule has 2 aromatic heterocycles. The predicted molar refractivity (Wildman–Crippen MR) is 99.4 cm³/mol. The van der Waals surface area contributed by atoms with Crippen LogP contribution in [0.3, 0.4) is 0 Å². The number of nitrogens with one attached hydrogen (secondary N) is 1. The lowest BCUT2D eigenvalue weighted by Crippen LogP contribution is -2.02. The van der Waals surface area contributed by atoms with Crippen molar-refractivity contribution >= 4 is 17.2 Å². The molecule has 0 radical (unpaired) electrons. The first-order valence-electron chi connectivity index (χ1n) is 8.07. The van der Waals surface area contributed by atoms with Crippen LogP contribution in [-0.2, 0) is 0 Å². The minimum Gasteiger partial charge on any atom is -0.496 e. The van der Waals surface area contributed by atoms with Crippen LogP contribution in [0.15, 0.2) is 66.9 Å². The van der Waals surface area contributed by atoms with Crippen molar-refractivity contribution in [1.29, 1.82) is 0 Å². The minimum absolute atomic E-state index is 0.794. The molecule has 0 bridgehead atoms. The van der Waals surface area contributed by atoms with Crippen molar-refractivity contribution in [1.82, 2.24) is 14.6 Å². The summed E-state index contributed by atoms with van der Waals surface area (Å²) in [5.74, 6) is 1.67. The fraction of sp³-hybridized carbons (Fsp3) is 0.100. The van der Waals surface area contributed by atoms with Gasteiger partial charge in [-0.2, -0.15) is 9.61 Å². The van der Waals surface area contributed by atoms with Crippen molar-refractivity contribution in [2.75, 3.05) is 12.4 Å². The summed E-state index contributed by atoms with van der Waals surface area (Å²) in [5, 5.41) is 7.95. The van der Waals surface area contributed by atoms with Crippen LogP contribution in [0, 0.1) is 6.92 Å². The van der Waals surface area contributed by atoms with E-state index < -0.39 is 0 Å². The molecule has 1 N–H and O–H groups in total. The molecule has 0 amide bonds. The number of nitrogens with zero attached hydrogens (tertiary/aromatic N) is 3. The average Bonchev–Trinajstić information content (AvgIpc) is 3.06. The van der Waals surface area contributed by atoms with Gasteiger partial charge in [-0.3, -0.25) is 0 Å². The number of ether oxygens (including phenoxy) is 1. The maximum atomic E-state index is 5.49. The Bertz CT molecular complexity index is 1020. The normalized spacial score (nSPS) is 10.8. The van der Waals surface area contributed by atoms with Gasteiger partial charge in [-0.05, 0) is 25.1 Å². The first-order valence-corrected chi connectivity index (χ1v) is 8.07. The second-order valence-corrected chi connectivity index (χ2v) is 5.77. The predicted octanol–water partition coefficient (Wildman–Crippen LogP) is 4.46. The molecule has 2 aromatic carbocycles. The van der Waals surface area contributed by atoms with Crippen LogP contribution >= 0.6 is 0 Å². The lowest BCUT2D eigenvalue weighted by molar-refractivity contribution is 0.416. The minimum atomic E-state index is 0.794. The van der Waals surface area contributed by atoms with E-state index in [9.17, 15) is 0 Å². The number of aromatic nitrogens is 3. The molecular weight excluding hydrogens is 312 g/mol. The van der Waals surface area contributed by atoms with Crippen LogP contribution in [0.25, 0.3) is 16.8 Å². The Morgan fingerprint density at radius 1 is 0.960 bits per heavy atom. The van der Waals surface area contributed by atoms with Gasteiger partial charge in [0.1, 0.15) is 11.6 Å². The van der Waals surface area contributed by atoms with E-state index in [0.29, 0.717) is 0 Å². The van der Waals surface area contributed by atoms with Gasteiger partial charge in [0.25, 0.3) is 0 Å². The van der Waals surface area contributed by atoms with Gasteiger partial charge < -0.3 is 10.1 Å². The van der Waals surface area contributed by atoms with Crippen LogP contribution < -0.4 is 10.1 Å². The third-order valence-corrected chi connectivity index (χ3v) is 4.04. The zero-order valence-corrected chi connectivity index (χ0v) is 14.1. The quantitative estimate of drug-likeness (QED) is 0.600. The molecule has 5 nitrogen and oxygen atoms in total. The van der Waals surface area contributed by atoms with Crippen molar-refractivity contribution in [3.05, 3.63) is 72.6 Å². The van der Waals surface area contributed by atoms with E-state index in [1.54, 1.807) is 7.11 Å². The van der Waals surface area contributed by atoms with Gasteiger partial charge in [-0.15, -0.1) is 0 Å². The van der Waals surface area contributed by atoms with Crippen LogP contribution in [0.4, 0.5) is 11.5 Å². The Hall–Kier alpha value is -3.34. The summed E-state index contributed by atoms with van der Waals surface area (Å²) in [6.07, 6.45) is 1.83. The first kappa shape index (κ1) is 15.2. The largest absolute Gasteiger partial charge is 0.496 e. The fourth-order valence-electron chi connectivity index (χ4n) is 2.90. The zero-order valence-electron chi connectivity index (χ0n) is 14.1. The molecule has 2 heterocycles. The SMILES string of the molecule is COc1ccccc1-c1cnn2c(Nc3ccccc3)cc(C)nc12. The topological polar surface area (TPSA) is 51.5 Å². The fourth-order valence-corrected chi connectivity index (χ4v) is 2.90. The van der Waals surface area contributed by atoms with Gasteiger partial charge in [0, 0.05) is 23.0 Å². The molecule has 0 saturated carbocycles. The molecule has 0 aliphatic carbocycles. The van der Waals surface area contributed by atoms with Crippen molar-refractivity contribution < 1.29 is 4.74 Å². The van der Waals surface area contributed by atoms with Gasteiger partial charge >= 0.3 is 0 Å². The van der Waals surface area contributed by atoms with Gasteiger partial charge in [-0.25, -0.2) is 4.98 Å². The third-order valence-electron chi connectivity index (χ3n) is 4.04. The molecule has 0 spiro atoms. The summed E-state index contributed by atoms with van der Waals surface area (Å²) in [7, 11) is 1.67. The summed E-state index contributed by atoms with van der Waals surface area (Å²) >= 11 is 0. The van der Waals surface area contributed by atoms with Crippen molar-refractivity contribution in [2.24, 2.45) is 0 Å². The highest BCUT2D eigenvalue weighted by Crippen LogP contribution is 2.33. The number of rotatable bonds is 4. The molecule has 0 aliphatic rings. The second kappa shape index (κ2) is 6.28. The number of aryl methyl sites for hydroxylation is 1. The third kappa shape index (κ3) is 2.80. The summed E-state index contributed by atoms with van der Waals surface area (Å²) in [6, 6.07) is 19.9. The van der Waals surface area contributed by atoms with Crippen LogP contribution in [0.5, 0.6) is 5.75 Å². The highest BCUT2D eigenvalue weighted by atomic mass is 16.5. The van der Waals surface area contributed by atoms with Crippen molar-refractivity contribution in [3.8, 4) is 16.9 Å². The molecule has 0 saturated heterocycles. The van der Waals surface area contributed by atoms with Crippen molar-refractivity contribution in [3.63, 3.8) is 0 Å². The Labute approximate surface area is 145 Å². The Morgan fingerprint density at radius 2 is 1.72 bits per heavy atom. The Morgan fingerprint density at radius 3 is 2.52 bits per heavy atom. The van der Waals surface area contributed by atoms with Gasteiger partial charge in [0.15, 0.2) is 5.65 Å². The number of methoxy groups -OCH3 is 1. The maximum absolute atomic E-state index is 5.49. The number of fused-ring (bicyclic) bond motifs is 1. The highest BCUT2D eigenvalue weighted by Gasteiger charge is 2.15. The summed E-state index contributed by atoms with van der Waals surface area (Å²) in [6.45, 7) is 1.98. The number of benzene rings is 2. The molecule has 4 aromatic rings. The molecule has 124 valence electrons. The number of hydrogen-bond donors (Lipinski definition) is 1. The molecule has 25 heavy (non-hydrogen) atoms.